The van der Waals surface area contributed by atoms with Gasteiger partial charge in [0.1, 0.15) is 5.60 Å². The number of halogens is 1. The van der Waals surface area contributed by atoms with Gasteiger partial charge in [-0.2, -0.15) is 0 Å². The Morgan fingerprint density at radius 1 is 1.29 bits per heavy atom. The molecule has 2 unspecified atom stereocenters. The third-order valence-electron chi connectivity index (χ3n) is 3.78. The number of hydrogen-bond acceptors (Lipinski definition) is 2. The van der Waals surface area contributed by atoms with Crippen LogP contribution < -0.4 is 5.32 Å². The molecule has 1 aromatic rings. The van der Waals surface area contributed by atoms with Gasteiger partial charge in [-0.3, -0.25) is 0 Å². The molecular weight excluding hydrogens is 269 g/mol. The van der Waals surface area contributed by atoms with Gasteiger partial charge < -0.3 is 10.1 Å². The molecule has 0 spiro atoms. The maximum absolute atomic E-state index is 15.5. The minimum Gasteiger partial charge on any atom is -0.444 e. The molecule has 1 fully saturated rings. The van der Waals surface area contributed by atoms with Crippen molar-refractivity contribution in [3.63, 3.8) is 0 Å². The Labute approximate surface area is 125 Å². The Morgan fingerprint density at radius 3 is 2.57 bits per heavy atom. The maximum Gasteiger partial charge on any atom is 0.407 e. The average Bonchev–Trinajstić information content (AvgIpc) is 2.40. The Kier molecular flexibility index (Phi) is 4.55. The number of carbonyl (C=O) groups is 1. The molecule has 1 saturated carbocycles. The van der Waals surface area contributed by atoms with Crippen LogP contribution in [0.5, 0.6) is 0 Å². The number of alkyl carbamates (subject to hydrolysis) is 1. The summed E-state index contributed by atoms with van der Waals surface area (Å²) in [7, 11) is 0. The Morgan fingerprint density at radius 2 is 1.95 bits per heavy atom. The Hall–Kier alpha value is -1.58. The second-order valence-electron chi connectivity index (χ2n) is 6.67. The first kappa shape index (κ1) is 15.8. The van der Waals surface area contributed by atoms with Crippen molar-refractivity contribution >= 4 is 6.09 Å². The maximum atomic E-state index is 15.5. The molecule has 0 bridgehead atoms. The molecule has 2 atom stereocenters. The molecule has 1 N–H and O–H groups in total. The largest absolute Gasteiger partial charge is 0.444 e. The van der Waals surface area contributed by atoms with Crippen molar-refractivity contribution in [1.29, 1.82) is 0 Å². The number of amides is 1. The molecule has 4 heteroatoms. The Balaban J connectivity index is 2.14. The lowest BCUT2D eigenvalue weighted by Gasteiger charge is -2.38. The monoisotopic (exact) mass is 293 g/mol. The fraction of sp³-hybridized carbons (Fsp3) is 0.588. The summed E-state index contributed by atoms with van der Waals surface area (Å²) in [6.07, 6.45) is 2.26. The normalized spacial score (nSPS) is 26.2. The fourth-order valence-corrected chi connectivity index (χ4v) is 2.83. The van der Waals surface area contributed by atoms with Crippen molar-refractivity contribution < 1.29 is 13.9 Å². The third-order valence-corrected chi connectivity index (χ3v) is 3.78. The smallest absolute Gasteiger partial charge is 0.407 e. The van der Waals surface area contributed by atoms with Gasteiger partial charge in [-0.25, -0.2) is 9.18 Å². The molecule has 116 valence electrons. The standard InChI is InChI=1S/C17H24FNO2/c1-16(2,3)21-15(20)19-14-11-7-8-12-17(14,18)13-9-5-4-6-10-13/h4-6,9-10,14H,7-8,11-12H2,1-3H3,(H,19,20). The van der Waals surface area contributed by atoms with Crippen molar-refractivity contribution in [3.8, 4) is 0 Å². The molecule has 2 rings (SSSR count). The summed E-state index contributed by atoms with van der Waals surface area (Å²) in [4.78, 5) is 11.9. The second kappa shape index (κ2) is 6.04. The fourth-order valence-electron chi connectivity index (χ4n) is 2.83. The summed E-state index contributed by atoms with van der Waals surface area (Å²) < 4.78 is 20.7. The van der Waals surface area contributed by atoms with Gasteiger partial charge in [-0.05, 0) is 45.6 Å². The highest BCUT2D eigenvalue weighted by Gasteiger charge is 2.43. The quantitative estimate of drug-likeness (QED) is 0.882. The summed E-state index contributed by atoms with van der Waals surface area (Å²) >= 11 is 0. The molecule has 0 aromatic heterocycles. The summed E-state index contributed by atoms with van der Waals surface area (Å²) in [5.41, 5.74) is -1.47. The molecule has 0 aliphatic heterocycles. The van der Waals surface area contributed by atoms with E-state index in [0.29, 0.717) is 18.4 Å². The van der Waals surface area contributed by atoms with Gasteiger partial charge in [0.15, 0.2) is 5.67 Å². The van der Waals surface area contributed by atoms with E-state index in [-0.39, 0.29) is 0 Å². The summed E-state index contributed by atoms with van der Waals surface area (Å²) in [6, 6.07) is 8.56. The first-order chi connectivity index (χ1) is 9.81. The van der Waals surface area contributed by atoms with Crippen LogP contribution in [0.2, 0.25) is 0 Å². The molecule has 1 aromatic carbocycles. The van der Waals surface area contributed by atoms with Crippen molar-refractivity contribution in [1.82, 2.24) is 5.32 Å². The molecule has 21 heavy (non-hydrogen) atoms. The van der Waals surface area contributed by atoms with Gasteiger partial charge in [0.05, 0.1) is 6.04 Å². The van der Waals surface area contributed by atoms with Gasteiger partial charge in [-0.15, -0.1) is 0 Å². The van der Waals surface area contributed by atoms with Crippen LogP contribution in [0.1, 0.15) is 52.0 Å². The summed E-state index contributed by atoms with van der Waals surface area (Å²) in [6.45, 7) is 5.40. The van der Waals surface area contributed by atoms with Crippen LogP contribution in [-0.2, 0) is 10.4 Å². The summed E-state index contributed by atoms with van der Waals surface area (Å²) in [5.74, 6) is 0. The van der Waals surface area contributed by atoms with Gasteiger partial charge >= 0.3 is 6.09 Å². The number of rotatable bonds is 2. The van der Waals surface area contributed by atoms with E-state index in [1.807, 2.05) is 18.2 Å². The highest BCUT2D eigenvalue weighted by molar-refractivity contribution is 5.68. The topological polar surface area (TPSA) is 38.3 Å². The summed E-state index contributed by atoms with van der Waals surface area (Å²) in [5, 5.41) is 2.73. The zero-order valence-electron chi connectivity index (χ0n) is 13.0. The molecule has 1 amide bonds. The minimum absolute atomic E-state index is 0.428. The zero-order valence-corrected chi connectivity index (χ0v) is 13.0. The van der Waals surface area contributed by atoms with E-state index < -0.39 is 23.4 Å². The van der Waals surface area contributed by atoms with Gasteiger partial charge in [0.25, 0.3) is 0 Å². The first-order valence-corrected chi connectivity index (χ1v) is 7.55. The Bertz CT molecular complexity index is 483. The SMILES string of the molecule is CC(C)(C)OC(=O)NC1CCCCC1(F)c1ccccc1. The van der Waals surface area contributed by atoms with Gasteiger partial charge in [-0.1, -0.05) is 36.8 Å². The number of alkyl halides is 1. The number of nitrogens with one attached hydrogen (secondary N) is 1. The molecule has 0 heterocycles. The van der Waals surface area contributed by atoms with Crippen LogP contribution in [0, 0.1) is 0 Å². The third kappa shape index (κ3) is 3.96. The van der Waals surface area contributed by atoms with E-state index >= 15 is 4.39 Å². The lowest BCUT2D eigenvalue weighted by Crippen LogP contribution is -2.51. The van der Waals surface area contributed by atoms with Crippen molar-refractivity contribution in [2.45, 2.75) is 63.8 Å². The highest BCUT2D eigenvalue weighted by Crippen LogP contribution is 2.41. The van der Waals surface area contributed by atoms with Crippen LogP contribution in [-0.4, -0.2) is 17.7 Å². The average molecular weight is 293 g/mol. The van der Waals surface area contributed by atoms with Crippen LogP contribution in [0.25, 0.3) is 0 Å². The molecular formula is C17H24FNO2. The number of ether oxygens (including phenoxy) is 1. The van der Waals surface area contributed by atoms with Crippen molar-refractivity contribution in [2.24, 2.45) is 0 Å². The highest BCUT2D eigenvalue weighted by atomic mass is 19.1. The zero-order chi connectivity index (χ0) is 15.5. The molecule has 3 nitrogen and oxygen atoms in total. The van der Waals surface area contributed by atoms with E-state index in [4.69, 9.17) is 4.74 Å². The van der Waals surface area contributed by atoms with Crippen molar-refractivity contribution in [3.05, 3.63) is 35.9 Å². The van der Waals surface area contributed by atoms with E-state index in [1.165, 1.54) is 0 Å². The van der Waals surface area contributed by atoms with Crippen LogP contribution >= 0.6 is 0 Å². The number of benzene rings is 1. The number of hydrogen-bond donors (Lipinski definition) is 1. The van der Waals surface area contributed by atoms with E-state index in [0.717, 1.165) is 12.8 Å². The molecule has 0 saturated heterocycles. The van der Waals surface area contributed by atoms with Gasteiger partial charge in [0, 0.05) is 0 Å². The van der Waals surface area contributed by atoms with Crippen molar-refractivity contribution in [2.75, 3.05) is 0 Å². The molecule has 0 radical (unpaired) electrons. The van der Waals surface area contributed by atoms with E-state index in [1.54, 1.807) is 32.9 Å². The minimum atomic E-state index is -1.52. The van der Waals surface area contributed by atoms with Crippen LogP contribution in [0.3, 0.4) is 0 Å². The second-order valence-corrected chi connectivity index (χ2v) is 6.67. The van der Waals surface area contributed by atoms with Crippen LogP contribution in [0.4, 0.5) is 9.18 Å². The lowest BCUT2D eigenvalue weighted by molar-refractivity contribution is 0.0250. The predicted molar refractivity (Wildman–Crippen MR) is 80.9 cm³/mol. The van der Waals surface area contributed by atoms with E-state index in [2.05, 4.69) is 5.32 Å². The number of carbonyl (C=O) groups excluding carboxylic acids is 1. The van der Waals surface area contributed by atoms with Gasteiger partial charge in [0.2, 0.25) is 0 Å². The predicted octanol–water partition coefficient (Wildman–Crippen LogP) is 4.32. The molecule has 1 aliphatic rings. The van der Waals surface area contributed by atoms with E-state index in [9.17, 15) is 4.79 Å². The molecule has 1 aliphatic carbocycles. The first-order valence-electron chi connectivity index (χ1n) is 7.55. The van der Waals surface area contributed by atoms with Crippen LogP contribution in [0.15, 0.2) is 30.3 Å². The lowest BCUT2D eigenvalue weighted by atomic mass is 9.77.